The molecule has 6 nitrogen and oxygen atoms in total. The number of nitrogens with one attached hydrogen (secondary N) is 2. The second-order valence-electron chi connectivity index (χ2n) is 9.49. The van der Waals surface area contributed by atoms with Crippen molar-refractivity contribution in [1.82, 2.24) is 15.5 Å². The van der Waals surface area contributed by atoms with Crippen LogP contribution in [0.15, 0.2) is 0 Å². The third-order valence-corrected chi connectivity index (χ3v) is 5.34. The molecule has 6 heteroatoms. The summed E-state index contributed by atoms with van der Waals surface area (Å²) in [7, 11) is 0. The third-order valence-electron chi connectivity index (χ3n) is 5.34. The number of carbonyl (C=O) groups is 3. The quantitative estimate of drug-likeness (QED) is 0.811. The van der Waals surface area contributed by atoms with Crippen LogP contribution in [0.5, 0.6) is 0 Å². The van der Waals surface area contributed by atoms with Crippen LogP contribution in [0.3, 0.4) is 0 Å². The summed E-state index contributed by atoms with van der Waals surface area (Å²) in [6.07, 6.45) is 2.08. The van der Waals surface area contributed by atoms with Crippen LogP contribution in [0.1, 0.15) is 67.7 Å². The van der Waals surface area contributed by atoms with Gasteiger partial charge in [0.05, 0.1) is 0 Å². The van der Waals surface area contributed by atoms with Crippen LogP contribution in [0.2, 0.25) is 0 Å². The molecule has 3 amide bonds. The van der Waals surface area contributed by atoms with Crippen molar-refractivity contribution in [3.8, 4) is 0 Å². The molecule has 0 bridgehead atoms. The Bertz CT molecular complexity index is 577. The first kappa shape index (κ1) is 19.7. The number of hydrogen-bond acceptors (Lipinski definition) is 3. The number of hydrogen-bond donors (Lipinski definition) is 2. The van der Waals surface area contributed by atoms with Crippen LogP contribution in [0.4, 0.5) is 0 Å². The largest absolute Gasteiger partial charge is 0.352 e. The lowest BCUT2D eigenvalue weighted by Gasteiger charge is -2.32. The van der Waals surface area contributed by atoms with Crippen LogP contribution in [-0.2, 0) is 14.4 Å². The van der Waals surface area contributed by atoms with Crippen molar-refractivity contribution in [3.05, 3.63) is 0 Å². The molecule has 1 heterocycles. The topological polar surface area (TPSA) is 78.5 Å². The Kier molecular flexibility index (Phi) is 4.96. The summed E-state index contributed by atoms with van der Waals surface area (Å²) in [5.74, 6) is -0.354. The Balaban J connectivity index is 2.14. The van der Waals surface area contributed by atoms with Gasteiger partial charge in [-0.05, 0) is 38.5 Å². The van der Waals surface area contributed by atoms with E-state index in [2.05, 4.69) is 10.6 Å². The molecule has 2 rings (SSSR count). The van der Waals surface area contributed by atoms with Gasteiger partial charge < -0.3 is 15.5 Å². The van der Waals surface area contributed by atoms with Crippen molar-refractivity contribution < 1.29 is 14.4 Å². The standard InChI is InChI=1S/C19H33N3O3/c1-12(2)20-15(24)19(11-18(19,6)7)21-14(23)13-9-8-10-22(13)16(25)17(3,4)5/h12-13H,8-11H2,1-7H3,(H,20,24)(H,21,23)/t13-,19+/m0/s1. The Morgan fingerprint density at radius 1 is 1.16 bits per heavy atom. The molecule has 0 aromatic rings. The van der Waals surface area contributed by atoms with Crippen molar-refractivity contribution in [2.24, 2.45) is 10.8 Å². The van der Waals surface area contributed by atoms with E-state index in [4.69, 9.17) is 0 Å². The number of rotatable bonds is 4. The highest BCUT2D eigenvalue weighted by molar-refractivity contribution is 5.98. The van der Waals surface area contributed by atoms with Crippen LogP contribution < -0.4 is 10.6 Å². The van der Waals surface area contributed by atoms with E-state index in [1.807, 2.05) is 48.5 Å². The maximum atomic E-state index is 12.9. The van der Waals surface area contributed by atoms with Crippen LogP contribution in [0.25, 0.3) is 0 Å². The fourth-order valence-electron chi connectivity index (χ4n) is 3.67. The highest BCUT2D eigenvalue weighted by atomic mass is 16.2. The maximum absolute atomic E-state index is 12.9. The van der Waals surface area contributed by atoms with E-state index >= 15 is 0 Å². The van der Waals surface area contributed by atoms with Gasteiger partial charge in [-0.25, -0.2) is 0 Å². The minimum absolute atomic E-state index is 0.0131. The first-order valence-corrected chi connectivity index (χ1v) is 9.26. The molecule has 0 unspecified atom stereocenters. The molecule has 0 spiro atoms. The summed E-state index contributed by atoms with van der Waals surface area (Å²) in [5.41, 5.74) is -1.67. The first-order chi connectivity index (χ1) is 11.3. The number of likely N-dealkylation sites (tertiary alicyclic amines) is 1. The summed E-state index contributed by atoms with van der Waals surface area (Å²) in [5, 5.41) is 5.92. The van der Waals surface area contributed by atoms with Gasteiger partial charge in [-0.15, -0.1) is 0 Å². The van der Waals surface area contributed by atoms with Crippen LogP contribution in [0, 0.1) is 10.8 Å². The van der Waals surface area contributed by atoms with Crippen molar-refractivity contribution in [2.45, 2.75) is 85.4 Å². The van der Waals surface area contributed by atoms with Crippen molar-refractivity contribution in [3.63, 3.8) is 0 Å². The van der Waals surface area contributed by atoms with E-state index in [1.54, 1.807) is 4.90 Å². The van der Waals surface area contributed by atoms with Gasteiger partial charge in [0.25, 0.3) is 0 Å². The van der Waals surface area contributed by atoms with Gasteiger partial charge in [0.1, 0.15) is 11.6 Å². The van der Waals surface area contributed by atoms with Crippen LogP contribution >= 0.6 is 0 Å². The Labute approximate surface area is 151 Å². The van der Waals surface area contributed by atoms with Crippen molar-refractivity contribution in [1.29, 1.82) is 0 Å². The highest BCUT2D eigenvalue weighted by Gasteiger charge is 2.67. The minimum Gasteiger partial charge on any atom is -0.352 e. The predicted molar refractivity (Wildman–Crippen MR) is 96.7 cm³/mol. The molecule has 25 heavy (non-hydrogen) atoms. The highest BCUT2D eigenvalue weighted by Crippen LogP contribution is 2.56. The molecule has 1 aliphatic carbocycles. The summed E-state index contributed by atoms with van der Waals surface area (Å²) in [6.45, 7) is 14.0. The molecule has 142 valence electrons. The van der Waals surface area contributed by atoms with Crippen LogP contribution in [-0.4, -0.2) is 46.8 Å². The zero-order valence-electron chi connectivity index (χ0n) is 16.7. The van der Waals surface area contributed by atoms with E-state index in [0.717, 1.165) is 6.42 Å². The lowest BCUT2D eigenvalue weighted by Crippen LogP contribution is -2.58. The van der Waals surface area contributed by atoms with Crippen molar-refractivity contribution >= 4 is 17.7 Å². The zero-order chi connectivity index (χ0) is 19.2. The smallest absolute Gasteiger partial charge is 0.246 e. The molecule has 0 radical (unpaired) electrons. The molecule has 2 fully saturated rings. The second-order valence-corrected chi connectivity index (χ2v) is 9.49. The molecule has 1 saturated heterocycles. The van der Waals surface area contributed by atoms with Gasteiger partial charge in [0.15, 0.2) is 0 Å². The fourth-order valence-corrected chi connectivity index (χ4v) is 3.67. The summed E-state index contributed by atoms with van der Waals surface area (Å²) >= 11 is 0. The molecule has 1 aliphatic heterocycles. The van der Waals surface area contributed by atoms with Crippen molar-refractivity contribution in [2.75, 3.05) is 6.54 Å². The molecular weight excluding hydrogens is 318 g/mol. The van der Waals surface area contributed by atoms with E-state index in [1.165, 1.54) is 0 Å². The Hall–Kier alpha value is -1.59. The molecule has 2 atom stereocenters. The summed E-state index contributed by atoms with van der Waals surface area (Å²) < 4.78 is 0. The summed E-state index contributed by atoms with van der Waals surface area (Å²) in [4.78, 5) is 39.9. The van der Waals surface area contributed by atoms with E-state index in [-0.39, 0.29) is 29.2 Å². The molecule has 2 aliphatic rings. The molecular formula is C19H33N3O3. The van der Waals surface area contributed by atoms with E-state index < -0.39 is 17.0 Å². The third kappa shape index (κ3) is 3.67. The molecule has 1 saturated carbocycles. The lowest BCUT2D eigenvalue weighted by atomic mass is 9.94. The number of amides is 3. The Morgan fingerprint density at radius 2 is 1.72 bits per heavy atom. The predicted octanol–water partition coefficient (Wildman–Crippen LogP) is 1.83. The maximum Gasteiger partial charge on any atom is 0.246 e. The first-order valence-electron chi connectivity index (χ1n) is 9.26. The zero-order valence-corrected chi connectivity index (χ0v) is 16.7. The van der Waals surface area contributed by atoms with E-state index in [9.17, 15) is 14.4 Å². The fraction of sp³-hybridized carbons (Fsp3) is 0.842. The average Bonchev–Trinajstić information content (AvgIpc) is 2.84. The SMILES string of the molecule is CC(C)NC(=O)[C@]1(NC(=O)[C@@H]2CCCN2C(=O)C(C)(C)C)CC1(C)C. The Morgan fingerprint density at radius 3 is 2.16 bits per heavy atom. The van der Waals surface area contributed by atoms with Gasteiger partial charge in [-0.1, -0.05) is 34.6 Å². The lowest BCUT2D eigenvalue weighted by molar-refractivity contribution is -0.145. The second kappa shape index (κ2) is 6.29. The van der Waals surface area contributed by atoms with Gasteiger partial charge in [-0.3, -0.25) is 14.4 Å². The molecule has 0 aromatic carbocycles. The minimum atomic E-state index is -0.868. The number of carbonyl (C=O) groups excluding carboxylic acids is 3. The summed E-state index contributed by atoms with van der Waals surface area (Å²) in [6, 6.07) is -0.463. The van der Waals surface area contributed by atoms with Gasteiger partial charge in [0.2, 0.25) is 17.7 Å². The normalized spacial score (nSPS) is 28.0. The number of nitrogens with zero attached hydrogens (tertiary/aromatic N) is 1. The average molecular weight is 351 g/mol. The monoisotopic (exact) mass is 351 g/mol. The van der Waals surface area contributed by atoms with Gasteiger partial charge in [-0.2, -0.15) is 0 Å². The van der Waals surface area contributed by atoms with Gasteiger partial charge >= 0.3 is 0 Å². The van der Waals surface area contributed by atoms with E-state index in [0.29, 0.717) is 19.4 Å². The van der Waals surface area contributed by atoms with Gasteiger partial charge in [0, 0.05) is 18.0 Å². The molecule has 0 aromatic heterocycles. The molecule has 2 N–H and O–H groups in total.